The Morgan fingerprint density at radius 2 is 1.90 bits per heavy atom. The van der Waals surface area contributed by atoms with E-state index >= 15 is 0 Å². The van der Waals surface area contributed by atoms with E-state index in [1.165, 1.54) is 0 Å². The van der Waals surface area contributed by atoms with Crippen LogP contribution in [0.25, 0.3) is 0 Å². The van der Waals surface area contributed by atoms with Crippen LogP contribution in [-0.2, 0) is 10.2 Å². The van der Waals surface area contributed by atoms with Crippen LogP contribution in [0.5, 0.6) is 0 Å². The third kappa shape index (κ3) is 4.55. The quantitative estimate of drug-likeness (QED) is 0.735. The molecule has 0 aliphatic heterocycles. The number of aromatic nitrogens is 2. The zero-order valence-corrected chi connectivity index (χ0v) is 15.5. The largest absolute Gasteiger partial charge is 0.371 e. The monoisotopic (exact) mass is 391 g/mol. The van der Waals surface area contributed by atoms with Gasteiger partial charge in [-0.1, -0.05) is 27.7 Å². The summed E-state index contributed by atoms with van der Waals surface area (Å²) in [5.74, 6) is 1.68. The van der Waals surface area contributed by atoms with E-state index in [0.29, 0.717) is 6.61 Å². The maximum absolute atomic E-state index is 5.64. The molecule has 1 aromatic heterocycles. The first kappa shape index (κ1) is 17.6. The summed E-state index contributed by atoms with van der Waals surface area (Å²) in [6, 6.07) is 0. The third-order valence-electron chi connectivity index (χ3n) is 2.90. The summed E-state index contributed by atoms with van der Waals surface area (Å²) < 4.78 is 6.75. The Labute approximate surface area is 136 Å². The topological polar surface area (TPSA) is 47.0 Å². The van der Waals surface area contributed by atoms with Crippen LogP contribution in [0.3, 0.4) is 0 Å². The molecule has 0 aliphatic carbocycles. The lowest BCUT2D eigenvalue weighted by atomic mass is 9.92. The first-order valence-electron chi connectivity index (χ1n) is 7.24. The van der Waals surface area contributed by atoms with E-state index < -0.39 is 0 Å². The molecule has 1 unspecified atom stereocenters. The number of hydrogen-bond acceptors (Lipinski definition) is 4. The smallest absolute Gasteiger partial charge is 0.159 e. The van der Waals surface area contributed by atoms with Crippen LogP contribution in [0.2, 0.25) is 0 Å². The highest BCUT2D eigenvalue weighted by atomic mass is 127. The Kier molecular flexibility index (Phi) is 6.64. The molecule has 20 heavy (non-hydrogen) atoms. The van der Waals surface area contributed by atoms with Crippen LogP contribution in [0, 0.1) is 3.57 Å². The standard InChI is InChI=1S/C15H26IN3O/c1-7-9-17-14-11(16)12(15(4,5)6)18-13(19-14)10(3)20-8-2/h10H,7-9H2,1-6H3,(H,17,18,19). The summed E-state index contributed by atoms with van der Waals surface area (Å²) in [5, 5.41) is 3.40. The SMILES string of the molecule is CCCNc1nc(C(C)OCC)nc(C(C)(C)C)c1I. The van der Waals surface area contributed by atoms with Crippen molar-refractivity contribution >= 4 is 28.4 Å². The number of ether oxygens (including phenoxy) is 1. The van der Waals surface area contributed by atoms with Gasteiger partial charge in [-0.25, -0.2) is 9.97 Å². The van der Waals surface area contributed by atoms with Crippen molar-refractivity contribution in [2.24, 2.45) is 0 Å². The Morgan fingerprint density at radius 1 is 1.25 bits per heavy atom. The Hall–Kier alpha value is -0.430. The summed E-state index contributed by atoms with van der Waals surface area (Å²) in [5.41, 5.74) is 1.07. The van der Waals surface area contributed by atoms with E-state index in [1.54, 1.807) is 0 Å². The van der Waals surface area contributed by atoms with Crippen molar-refractivity contribution in [3.63, 3.8) is 0 Å². The normalized spacial score (nSPS) is 13.3. The summed E-state index contributed by atoms with van der Waals surface area (Å²) in [6.45, 7) is 14.3. The predicted octanol–water partition coefficient (Wildman–Crippen LogP) is 4.30. The highest BCUT2D eigenvalue weighted by Gasteiger charge is 2.24. The van der Waals surface area contributed by atoms with Gasteiger partial charge in [-0.3, -0.25) is 0 Å². The number of hydrogen-bond donors (Lipinski definition) is 1. The Morgan fingerprint density at radius 3 is 2.40 bits per heavy atom. The van der Waals surface area contributed by atoms with Crippen molar-refractivity contribution in [3.05, 3.63) is 15.1 Å². The molecule has 0 radical (unpaired) electrons. The number of nitrogens with zero attached hydrogens (tertiary/aromatic N) is 2. The molecule has 0 saturated heterocycles. The maximum Gasteiger partial charge on any atom is 0.159 e. The molecule has 1 rings (SSSR count). The first-order chi connectivity index (χ1) is 9.31. The lowest BCUT2D eigenvalue weighted by Gasteiger charge is -2.23. The molecule has 4 nitrogen and oxygen atoms in total. The van der Waals surface area contributed by atoms with E-state index in [0.717, 1.165) is 33.9 Å². The van der Waals surface area contributed by atoms with Gasteiger partial charge in [0.05, 0.1) is 9.26 Å². The summed E-state index contributed by atoms with van der Waals surface area (Å²) in [7, 11) is 0. The van der Waals surface area contributed by atoms with Gasteiger partial charge in [0.15, 0.2) is 5.82 Å². The summed E-state index contributed by atoms with van der Waals surface area (Å²) >= 11 is 2.34. The second kappa shape index (κ2) is 7.54. The van der Waals surface area contributed by atoms with Crippen molar-refractivity contribution < 1.29 is 4.74 Å². The molecular weight excluding hydrogens is 365 g/mol. The predicted molar refractivity (Wildman–Crippen MR) is 92.3 cm³/mol. The molecule has 0 saturated carbocycles. The molecule has 0 aliphatic rings. The zero-order valence-electron chi connectivity index (χ0n) is 13.4. The fourth-order valence-corrected chi connectivity index (χ4v) is 3.07. The van der Waals surface area contributed by atoms with Crippen molar-refractivity contribution in [1.29, 1.82) is 0 Å². The van der Waals surface area contributed by atoms with Gasteiger partial charge in [-0.2, -0.15) is 0 Å². The average molecular weight is 391 g/mol. The zero-order chi connectivity index (χ0) is 15.3. The van der Waals surface area contributed by atoms with E-state index in [1.807, 2.05) is 13.8 Å². The van der Waals surface area contributed by atoms with Gasteiger partial charge in [0, 0.05) is 18.6 Å². The maximum atomic E-state index is 5.64. The molecule has 0 aromatic carbocycles. The van der Waals surface area contributed by atoms with Gasteiger partial charge in [-0.05, 0) is 42.9 Å². The number of anilines is 1. The minimum Gasteiger partial charge on any atom is -0.371 e. The minimum absolute atomic E-state index is 0.0111. The van der Waals surface area contributed by atoms with Crippen LogP contribution in [0.15, 0.2) is 0 Å². The van der Waals surface area contributed by atoms with E-state index in [-0.39, 0.29) is 11.5 Å². The number of halogens is 1. The summed E-state index contributed by atoms with van der Waals surface area (Å²) in [4.78, 5) is 9.39. The van der Waals surface area contributed by atoms with Gasteiger partial charge in [0.25, 0.3) is 0 Å². The molecule has 1 heterocycles. The average Bonchev–Trinajstić information content (AvgIpc) is 2.36. The Balaban J connectivity index is 3.26. The van der Waals surface area contributed by atoms with Crippen molar-refractivity contribution in [2.45, 2.75) is 59.5 Å². The van der Waals surface area contributed by atoms with E-state index in [4.69, 9.17) is 9.72 Å². The molecule has 1 aromatic rings. The highest BCUT2D eigenvalue weighted by molar-refractivity contribution is 14.1. The molecule has 1 atom stereocenters. The molecule has 5 heteroatoms. The molecule has 0 amide bonds. The van der Waals surface area contributed by atoms with Crippen LogP contribution < -0.4 is 5.32 Å². The van der Waals surface area contributed by atoms with E-state index in [9.17, 15) is 0 Å². The third-order valence-corrected chi connectivity index (χ3v) is 3.92. The van der Waals surface area contributed by atoms with Gasteiger partial charge in [0.1, 0.15) is 11.9 Å². The second-order valence-corrected chi connectivity index (χ2v) is 6.95. The van der Waals surface area contributed by atoms with Crippen LogP contribution in [0.4, 0.5) is 5.82 Å². The van der Waals surface area contributed by atoms with Crippen molar-refractivity contribution in [3.8, 4) is 0 Å². The molecule has 0 fully saturated rings. The Bertz CT molecular complexity index is 443. The van der Waals surface area contributed by atoms with Gasteiger partial charge in [-0.15, -0.1) is 0 Å². The fraction of sp³-hybridized carbons (Fsp3) is 0.733. The fourth-order valence-electron chi connectivity index (χ4n) is 1.83. The molecule has 0 spiro atoms. The molecule has 114 valence electrons. The lowest BCUT2D eigenvalue weighted by Crippen LogP contribution is -2.21. The van der Waals surface area contributed by atoms with Gasteiger partial charge < -0.3 is 10.1 Å². The van der Waals surface area contributed by atoms with Crippen LogP contribution >= 0.6 is 22.6 Å². The first-order valence-corrected chi connectivity index (χ1v) is 8.32. The van der Waals surface area contributed by atoms with Gasteiger partial charge in [0.2, 0.25) is 0 Å². The second-order valence-electron chi connectivity index (χ2n) is 5.87. The van der Waals surface area contributed by atoms with Crippen LogP contribution in [0.1, 0.15) is 65.6 Å². The molecule has 1 N–H and O–H groups in total. The lowest BCUT2D eigenvalue weighted by molar-refractivity contribution is 0.0698. The summed E-state index contributed by atoms with van der Waals surface area (Å²) in [6.07, 6.45) is 0.988. The van der Waals surface area contributed by atoms with Crippen molar-refractivity contribution in [2.75, 3.05) is 18.5 Å². The highest BCUT2D eigenvalue weighted by Crippen LogP contribution is 2.30. The van der Waals surface area contributed by atoms with E-state index in [2.05, 4.69) is 60.6 Å². The minimum atomic E-state index is -0.0831. The van der Waals surface area contributed by atoms with Crippen LogP contribution in [-0.4, -0.2) is 23.1 Å². The number of nitrogens with one attached hydrogen (secondary N) is 1. The van der Waals surface area contributed by atoms with Gasteiger partial charge >= 0.3 is 0 Å². The number of rotatable bonds is 6. The van der Waals surface area contributed by atoms with Crippen molar-refractivity contribution in [1.82, 2.24) is 9.97 Å². The molecule has 0 bridgehead atoms. The molecular formula is C15H26IN3O.